The summed E-state index contributed by atoms with van der Waals surface area (Å²) in [5, 5.41) is 7.93. The van der Waals surface area contributed by atoms with Gasteiger partial charge in [0.15, 0.2) is 0 Å². The largest absolute Gasteiger partial charge is 0.0619 e. The summed E-state index contributed by atoms with van der Waals surface area (Å²) in [5.41, 5.74) is 17.9. The van der Waals surface area contributed by atoms with Gasteiger partial charge >= 0.3 is 0 Å². The molecule has 0 saturated heterocycles. The van der Waals surface area contributed by atoms with E-state index >= 15 is 0 Å². The van der Waals surface area contributed by atoms with Crippen LogP contribution in [-0.4, -0.2) is 0 Å². The summed E-state index contributed by atoms with van der Waals surface area (Å²) in [5.74, 6) is 0. The molecule has 214 valence electrons. The van der Waals surface area contributed by atoms with Gasteiger partial charge < -0.3 is 0 Å². The minimum atomic E-state index is -0.0819. The molecule has 0 amide bonds. The molecule has 1 aliphatic carbocycles. The predicted molar refractivity (Wildman–Crippen MR) is 191 cm³/mol. The first-order valence-electron chi connectivity index (χ1n) is 15.9. The van der Waals surface area contributed by atoms with Gasteiger partial charge in [-0.3, -0.25) is 0 Å². The SMILES string of the molecule is Cc1c(C)c(C)c(-c2c3ccccc3c(-c3cc4c(c5ccccc35)-c3ccccc3C4(C)C)c3ccccc23)c(C)c1C. The van der Waals surface area contributed by atoms with Crippen LogP contribution in [-0.2, 0) is 5.41 Å². The number of hydrogen-bond acceptors (Lipinski definition) is 0. The summed E-state index contributed by atoms with van der Waals surface area (Å²) in [6, 6.07) is 38.8. The van der Waals surface area contributed by atoms with Gasteiger partial charge in [-0.25, -0.2) is 0 Å². The molecule has 0 aromatic heterocycles. The van der Waals surface area contributed by atoms with Gasteiger partial charge in [0.1, 0.15) is 0 Å². The van der Waals surface area contributed by atoms with Crippen molar-refractivity contribution in [2.45, 2.75) is 53.9 Å². The van der Waals surface area contributed by atoms with Gasteiger partial charge in [-0.2, -0.15) is 0 Å². The Morgan fingerprint density at radius 3 is 1.30 bits per heavy atom. The smallest absolute Gasteiger partial charge is 0.0159 e. The average molecular weight is 567 g/mol. The quantitative estimate of drug-likeness (QED) is 0.183. The van der Waals surface area contributed by atoms with Crippen molar-refractivity contribution in [2.24, 2.45) is 0 Å². The van der Waals surface area contributed by atoms with Crippen molar-refractivity contribution in [1.82, 2.24) is 0 Å². The minimum absolute atomic E-state index is 0.0819. The molecule has 0 heterocycles. The highest BCUT2D eigenvalue weighted by Crippen LogP contribution is 2.55. The lowest BCUT2D eigenvalue weighted by Crippen LogP contribution is -2.15. The highest BCUT2D eigenvalue weighted by Gasteiger charge is 2.37. The van der Waals surface area contributed by atoms with Gasteiger partial charge in [-0.05, 0) is 145 Å². The summed E-state index contributed by atoms with van der Waals surface area (Å²) >= 11 is 0. The second-order valence-electron chi connectivity index (χ2n) is 13.4. The van der Waals surface area contributed by atoms with E-state index < -0.39 is 0 Å². The van der Waals surface area contributed by atoms with Crippen LogP contribution in [0.1, 0.15) is 52.8 Å². The fraction of sp³-hybridized carbons (Fsp3) is 0.182. The van der Waals surface area contributed by atoms with Crippen molar-refractivity contribution in [3.63, 3.8) is 0 Å². The van der Waals surface area contributed by atoms with E-state index in [-0.39, 0.29) is 5.41 Å². The molecule has 0 aliphatic heterocycles. The van der Waals surface area contributed by atoms with Gasteiger partial charge in [-0.15, -0.1) is 0 Å². The Balaban J connectivity index is 1.57. The molecular weight excluding hydrogens is 528 g/mol. The zero-order valence-electron chi connectivity index (χ0n) is 26.8. The summed E-state index contributed by atoms with van der Waals surface area (Å²) in [7, 11) is 0. The fourth-order valence-electron chi connectivity index (χ4n) is 8.32. The van der Waals surface area contributed by atoms with Crippen LogP contribution >= 0.6 is 0 Å². The summed E-state index contributed by atoms with van der Waals surface area (Å²) in [6.45, 7) is 16.3. The molecular formula is C44H38. The number of benzene rings is 7. The van der Waals surface area contributed by atoms with E-state index in [0.29, 0.717) is 0 Å². The third kappa shape index (κ3) is 3.46. The number of fused-ring (bicyclic) bond motifs is 7. The highest BCUT2D eigenvalue weighted by atomic mass is 14.4. The van der Waals surface area contributed by atoms with E-state index in [1.54, 1.807) is 0 Å². The van der Waals surface area contributed by atoms with E-state index in [0.717, 1.165) is 0 Å². The lowest BCUT2D eigenvalue weighted by Gasteiger charge is -2.25. The molecule has 0 bridgehead atoms. The Morgan fingerprint density at radius 2 is 0.750 bits per heavy atom. The zero-order chi connectivity index (χ0) is 30.5. The molecule has 7 aromatic rings. The maximum absolute atomic E-state index is 2.53. The van der Waals surface area contributed by atoms with E-state index in [9.17, 15) is 0 Å². The first-order valence-corrected chi connectivity index (χ1v) is 15.9. The van der Waals surface area contributed by atoms with Crippen LogP contribution in [0.4, 0.5) is 0 Å². The molecule has 44 heavy (non-hydrogen) atoms. The van der Waals surface area contributed by atoms with Crippen LogP contribution in [0.15, 0.2) is 103 Å². The van der Waals surface area contributed by atoms with Gasteiger partial charge in [0.25, 0.3) is 0 Å². The first-order chi connectivity index (χ1) is 21.2. The maximum Gasteiger partial charge on any atom is 0.0159 e. The Kier molecular flexibility index (Phi) is 5.75. The molecule has 0 unspecified atom stereocenters. The fourth-order valence-corrected chi connectivity index (χ4v) is 8.32. The second-order valence-corrected chi connectivity index (χ2v) is 13.4. The van der Waals surface area contributed by atoms with E-state index in [1.807, 2.05) is 0 Å². The van der Waals surface area contributed by atoms with Crippen LogP contribution in [0.2, 0.25) is 0 Å². The summed E-state index contributed by atoms with van der Waals surface area (Å²) in [4.78, 5) is 0. The minimum Gasteiger partial charge on any atom is -0.0619 e. The Hall–Kier alpha value is -4.68. The molecule has 0 saturated carbocycles. The molecule has 0 heteroatoms. The molecule has 0 spiro atoms. The highest BCUT2D eigenvalue weighted by molar-refractivity contribution is 6.25. The molecule has 0 N–H and O–H groups in total. The van der Waals surface area contributed by atoms with Crippen LogP contribution in [0, 0.1) is 34.6 Å². The lowest BCUT2D eigenvalue weighted by molar-refractivity contribution is 0.661. The van der Waals surface area contributed by atoms with Crippen LogP contribution in [0.3, 0.4) is 0 Å². The second kappa shape index (κ2) is 9.41. The summed E-state index contributed by atoms with van der Waals surface area (Å²) in [6.07, 6.45) is 0. The van der Waals surface area contributed by atoms with Crippen LogP contribution < -0.4 is 0 Å². The van der Waals surface area contributed by atoms with Crippen molar-refractivity contribution < 1.29 is 0 Å². The van der Waals surface area contributed by atoms with E-state index in [2.05, 4.69) is 152 Å². The van der Waals surface area contributed by atoms with Crippen molar-refractivity contribution in [1.29, 1.82) is 0 Å². The van der Waals surface area contributed by atoms with Gasteiger partial charge in [0.2, 0.25) is 0 Å². The molecule has 1 aliphatic rings. The van der Waals surface area contributed by atoms with Crippen molar-refractivity contribution >= 4 is 32.3 Å². The maximum atomic E-state index is 2.53. The molecule has 8 rings (SSSR count). The zero-order valence-corrected chi connectivity index (χ0v) is 26.8. The Bertz CT molecular complexity index is 2260. The summed E-state index contributed by atoms with van der Waals surface area (Å²) < 4.78 is 0. The molecule has 0 radical (unpaired) electrons. The third-order valence-corrected chi connectivity index (χ3v) is 11.0. The van der Waals surface area contributed by atoms with Crippen molar-refractivity contribution in [2.75, 3.05) is 0 Å². The topological polar surface area (TPSA) is 0 Å². The lowest BCUT2D eigenvalue weighted by atomic mass is 9.78. The number of rotatable bonds is 2. The van der Waals surface area contributed by atoms with E-state index in [1.165, 1.54) is 105 Å². The molecule has 7 aromatic carbocycles. The third-order valence-electron chi connectivity index (χ3n) is 11.0. The first kappa shape index (κ1) is 26.9. The predicted octanol–water partition coefficient (Wildman–Crippen LogP) is 12.3. The van der Waals surface area contributed by atoms with E-state index in [4.69, 9.17) is 0 Å². The molecule has 0 fully saturated rings. The Morgan fingerprint density at radius 1 is 0.341 bits per heavy atom. The van der Waals surface area contributed by atoms with Crippen LogP contribution in [0.25, 0.3) is 65.7 Å². The van der Waals surface area contributed by atoms with Gasteiger partial charge in [0, 0.05) is 5.41 Å². The van der Waals surface area contributed by atoms with Crippen molar-refractivity contribution in [3.8, 4) is 33.4 Å². The standard InChI is InChI=1S/C44H38/c1-25-26(2)28(4)40(29(5)27(25)3)43-34-20-12-10-18-32(34)41(33-19-11-13-21-35(33)43)37-24-39-42(31-17-9-8-16-30(31)37)36-22-14-15-23-38(36)44(39,6)7/h8-24H,1-7H3. The van der Waals surface area contributed by atoms with Crippen molar-refractivity contribution in [3.05, 3.63) is 142 Å². The Labute approximate surface area is 261 Å². The monoisotopic (exact) mass is 566 g/mol. The molecule has 0 atom stereocenters. The average Bonchev–Trinajstić information content (AvgIpc) is 3.28. The van der Waals surface area contributed by atoms with Gasteiger partial charge in [0.05, 0.1) is 0 Å². The normalized spacial score (nSPS) is 13.5. The number of hydrogen-bond donors (Lipinski definition) is 0. The van der Waals surface area contributed by atoms with Crippen LogP contribution in [0.5, 0.6) is 0 Å². The molecule has 0 nitrogen and oxygen atoms in total. The van der Waals surface area contributed by atoms with Gasteiger partial charge in [-0.1, -0.05) is 111 Å².